The molecule has 2 aliphatic rings. The maximum absolute atomic E-state index is 6.06. The molecule has 0 saturated carbocycles. The number of rotatable bonds is 0. The summed E-state index contributed by atoms with van der Waals surface area (Å²) in [5, 5.41) is 0.839. The Hall–Kier alpha value is -0.790. The van der Waals surface area contributed by atoms with Gasteiger partial charge in [-0.3, -0.25) is 0 Å². The third kappa shape index (κ3) is 1.51. The van der Waals surface area contributed by atoms with Gasteiger partial charge in [-0.25, -0.2) is 0 Å². The number of nitrogens with two attached hydrogens (primary N) is 1. The molecule has 2 aliphatic carbocycles. The first-order chi connectivity index (χ1) is 7.24. The van der Waals surface area contributed by atoms with E-state index >= 15 is 0 Å². The molecule has 0 fully saturated rings. The molecule has 2 bridgehead atoms. The van der Waals surface area contributed by atoms with Gasteiger partial charge in [-0.2, -0.15) is 0 Å². The highest BCUT2D eigenvalue weighted by atomic mass is 35.5. The van der Waals surface area contributed by atoms with Crippen LogP contribution in [-0.4, -0.2) is 6.04 Å². The lowest BCUT2D eigenvalue weighted by atomic mass is 9.71. The zero-order valence-electron chi connectivity index (χ0n) is 8.49. The molecule has 2 N–H and O–H groups in total. The summed E-state index contributed by atoms with van der Waals surface area (Å²) >= 11 is 6.02. The molecular formula is C13H14ClN. The number of hydrogen-bond acceptors (Lipinski definition) is 1. The lowest BCUT2D eigenvalue weighted by molar-refractivity contribution is 0.378. The SMILES string of the molecule is N[C@H]1C=C[C@H]2C[C@@H]1Cc1cc(Cl)ccc12. The van der Waals surface area contributed by atoms with Crippen molar-refractivity contribution in [1.29, 1.82) is 0 Å². The molecule has 78 valence electrons. The number of allylic oxidation sites excluding steroid dienone is 1. The molecule has 0 amide bonds. The number of fused-ring (bicyclic) bond motifs is 4. The van der Waals surface area contributed by atoms with Crippen LogP contribution in [0.5, 0.6) is 0 Å². The third-order valence-corrected chi connectivity index (χ3v) is 3.89. The van der Waals surface area contributed by atoms with Gasteiger partial charge in [0.05, 0.1) is 0 Å². The van der Waals surface area contributed by atoms with Gasteiger partial charge in [-0.1, -0.05) is 29.8 Å². The summed E-state index contributed by atoms with van der Waals surface area (Å²) in [7, 11) is 0. The van der Waals surface area contributed by atoms with Crippen molar-refractivity contribution in [2.24, 2.45) is 11.7 Å². The average Bonchev–Trinajstić information content (AvgIpc) is 2.23. The van der Waals surface area contributed by atoms with Crippen LogP contribution in [0.3, 0.4) is 0 Å². The van der Waals surface area contributed by atoms with E-state index in [9.17, 15) is 0 Å². The van der Waals surface area contributed by atoms with E-state index in [1.807, 2.05) is 6.07 Å². The van der Waals surface area contributed by atoms with E-state index in [-0.39, 0.29) is 6.04 Å². The van der Waals surface area contributed by atoms with Crippen molar-refractivity contribution in [1.82, 2.24) is 0 Å². The molecule has 0 radical (unpaired) electrons. The van der Waals surface area contributed by atoms with Crippen LogP contribution < -0.4 is 5.73 Å². The summed E-state index contributed by atoms with van der Waals surface area (Å²) in [5.74, 6) is 1.17. The lowest BCUT2D eigenvalue weighted by Gasteiger charge is -2.36. The molecule has 0 unspecified atom stereocenters. The van der Waals surface area contributed by atoms with Crippen LogP contribution >= 0.6 is 11.6 Å². The van der Waals surface area contributed by atoms with Gasteiger partial charge in [0.25, 0.3) is 0 Å². The Morgan fingerprint density at radius 2 is 2.13 bits per heavy atom. The predicted octanol–water partition coefficient (Wildman–Crippen LogP) is 2.88. The van der Waals surface area contributed by atoms with Crippen molar-refractivity contribution in [3.05, 3.63) is 46.5 Å². The number of hydrogen-bond donors (Lipinski definition) is 1. The minimum atomic E-state index is 0.230. The highest BCUT2D eigenvalue weighted by Gasteiger charge is 2.31. The Kier molecular flexibility index (Phi) is 2.11. The van der Waals surface area contributed by atoms with Crippen LogP contribution in [0.2, 0.25) is 5.02 Å². The molecule has 1 aromatic carbocycles. The molecular weight excluding hydrogens is 206 g/mol. The third-order valence-electron chi connectivity index (χ3n) is 3.65. The van der Waals surface area contributed by atoms with Crippen LogP contribution in [0.25, 0.3) is 0 Å². The summed E-state index contributed by atoms with van der Waals surface area (Å²) in [4.78, 5) is 0. The van der Waals surface area contributed by atoms with E-state index in [0.717, 1.165) is 11.4 Å². The van der Waals surface area contributed by atoms with Crippen LogP contribution in [-0.2, 0) is 6.42 Å². The summed E-state index contributed by atoms with van der Waals surface area (Å²) < 4.78 is 0. The summed E-state index contributed by atoms with van der Waals surface area (Å²) in [6.45, 7) is 0. The fraction of sp³-hybridized carbons (Fsp3) is 0.385. The fourth-order valence-electron chi connectivity index (χ4n) is 2.83. The highest BCUT2D eigenvalue weighted by Crippen LogP contribution is 2.40. The Morgan fingerprint density at radius 1 is 1.27 bits per heavy atom. The van der Waals surface area contributed by atoms with Crippen LogP contribution in [0.15, 0.2) is 30.4 Å². The molecule has 2 heteroatoms. The van der Waals surface area contributed by atoms with Gasteiger partial charge in [0.2, 0.25) is 0 Å². The first kappa shape index (κ1) is 9.44. The quantitative estimate of drug-likeness (QED) is 0.668. The van der Waals surface area contributed by atoms with Crippen molar-refractivity contribution in [2.75, 3.05) is 0 Å². The second-order valence-electron chi connectivity index (χ2n) is 4.61. The van der Waals surface area contributed by atoms with Crippen LogP contribution in [0.1, 0.15) is 23.5 Å². The summed E-state index contributed by atoms with van der Waals surface area (Å²) in [5.41, 5.74) is 8.90. The second kappa shape index (κ2) is 3.36. The fourth-order valence-corrected chi connectivity index (χ4v) is 3.02. The Morgan fingerprint density at radius 3 is 3.00 bits per heavy atom. The topological polar surface area (TPSA) is 26.0 Å². The smallest absolute Gasteiger partial charge is 0.0408 e. The van der Waals surface area contributed by atoms with Crippen molar-refractivity contribution < 1.29 is 0 Å². The second-order valence-corrected chi connectivity index (χ2v) is 5.05. The van der Waals surface area contributed by atoms with Gasteiger partial charge in [-0.05, 0) is 42.0 Å². The van der Waals surface area contributed by atoms with E-state index in [1.165, 1.54) is 17.5 Å². The molecule has 0 spiro atoms. The monoisotopic (exact) mass is 219 g/mol. The standard InChI is InChI=1S/C13H14ClN/c14-11-2-3-12-8-1-4-13(15)10(5-8)6-9(12)7-11/h1-4,7-8,10,13H,5-6,15H2/t8-,10+,13-/m0/s1. The van der Waals surface area contributed by atoms with E-state index in [2.05, 4.69) is 24.3 Å². The van der Waals surface area contributed by atoms with Crippen molar-refractivity contribution in [3.8, 4) is 0 Å². The van der Waals surface area contributed by atoms with Crippen LogP contribution in [0.4, 0.5) is 0 Å². The van der Waals surface area contributed by atoms with Gasteiger partial charge in [0, 0.05) is 17.0 Å². The summed E-state index contributed by atoms with van der Waals surface area (Å²) in [6.07, 6.45) is 6.70. The van der Waals surface area contributed by atoms with Crippen molar-refractivity contribution >= 4 is 11.6 Å². The Labute approximate surface area is 94.9 Å². The van der Waals surface area contributed by atoms with Crippen molar-refractivity contribution in [2.45, 2.75) is 24.8 Å². The predicted molar refractivity (Wildman–Crippen MR) is 63.1 cm³/mol. The van der Waals surface area contributed by atoms with Gasteiger partial charge >= 0.3 is 0 Å². The van der Waals surface area contributed by atoms with E-state index in [1.54, 1.807) is 0 Å². The minimum Gasteiger partial charge on any atom is -0.324 e. The highest BCUT2D eigenvalue weighted by molar-refractivity contribution is 6.30. The molecule has 0 aliphatic heterocycles. The first-order valence-corrected chi connectivity index (χ1v) is 5.84. The number of halogens is 1. The van der Waals surface area contributed by atoms with E-state index < -0.39 is 0 Å². The van der Waals surface area contributed by atoms with E-state index in [4.69, 9.17) is 17.3 Å². The normalized spacial score (nSPS) is 32.5. The average molecular weight is 220 g/mol. The number of benzene rings is 1. The molecule has 1 nitrogen and oxygen atoms in total. The molecule has 3 rings (SSSR count). The van der Waals surface area contributed by atoms with Crippen molar-refractivity contribution in [3.63, 3.8) is 0 Å². The molecule has 0 saturated heterocycles. The van der Waals surface area contributed by atoms with Gasteiger partial charge in [0.15, 0.2) is 0 Å². The maximum atomic E-state index is 6.06. The van der Waals surface area contributed by atoms with Crippen LogP contribution in [0, 0.1) is 5.92 Å². The van der Waals surface area contributed by atoms with Gasteiger partial charge in [0.1, 0.15) is 0 Å². The minimum absolute atomic E-state index is 0.230. The Balaban J connectivity index is 2.09. The van der Waals surface area contributed by atoms with E-state index in [0.29, 0.717) is 11.8 Å². The lowest BCUT2D eigenvalue weighted by Crippen LogP contribution is -2.36. The zero-order chi connectivity index (χ0) is 10.4. The summed E-state index contributed by atoms with van der Waals surface area (Å²) in [6, 6.07) is 6.48. The molecule has 0 heterocycles. The maximum Gasteiger partial charge on any atom is 0.0408 e. The van der Waals surface area contributed by atoms with Gasteiger partial charge in [-0.15, -0.1) is 0 Å². The Bertz CT molecular complexity index is 425. The largest absolute Gasteiger partial charge is 0.324 e. The zero-order valence-corrected chi connectivity index (χ0v) is 9.24. The first-order valence-electron chi connectivity index (χ1n) is 5.46. The molecule has 1 aromatic rings. The van der Waals surface area contributed by atoms with Gasteiger partial charge < -0.3 is 5.73 Å². The molecule has 3 atom stereocenters. The molecule has 15 heavy (non-hydrogen) atoms. The molecule has 0 aromatic heterocycles.